The fraction of sp³-hybridized carbons (Fsp3) is 0.200. The van der Waals surface area contributed by atoms with Crippen molar-refractivity contribution in [1.82, 2.24) is 9.97 Å². The van der Waals surface area contributed by atoms with Gasteiger partial charge in [0.15, 0.2) is 10.3 Å². The summed E-state index contributed by atoms with van der Waals surface area (Å²) in [6, 6.07) is 0. The molecule has 0 fully saturated rings. The van der Waals surface area contributed by atoms with E-state index in [2.05, 4.69) is 59.3 Å². The molecule has 2 rings (SSSR count). The number of rotatable bonds is 2. The number of amides is 2. The maximum absolute atomic E-state index is 8.70. The van der Waals surface area contributed by atoms with E-state index in [9.17, 15) is 0 Å². The Labute approximate surface area is 160 Å². The number of anilines is 2. The van der Waals surface area contributed by atoms with Crippen LogP contribution in [0.5, 0.6) is 0 Å². The molecule has 4 N–H and O–H groups in total. The molecule has 120 valence electrons. The van der Waals surface area contributed by atoms with Gasteiger partial charge in [-0.15, -0.1) is 22.7 Å². The van der Waals surface area contributed by atoms with Crippen LogP contribution in [0.2, 0.25) is 0 Å². The van der Waals surface area contributed by atoms with Crippen molar-refractivity contribution >= 4 is 83.5 Å². The van der Waals surface area contributed by atoms with Crippen LogP contribution in [0.1, 0.15) is 13.8 Å². The van der Waals surface area contributed by atoms with Crippen molar-refractivity contribution in [3.05, 3.63) is 23.2 Å². The summed E-state index contributed by atoms with van der Waals surface area (Å²) < 4.78 is 0. The number of hydrogen-bond donors (Lipinski definition) is 2. The predicted octanol–water partition coefficient (Wildman–Crippen LogP) is 3.92. The molecule has 0 atom stereocenters. The third kappa shape index (κ3) is 13.7. The van der Waals surface area contributed by atoms with Gasteiger partial charge in [-0.05, 0) is 0 Å². The Hall–Kier alpha value is 0.348. The zero-order valence-electron chi connectivity index (χ0n) is 11.0. The zero-order chi connectivity index (χ0) is 16.1. The molecule has 0 spiro atoms. The normalized spacial score (nSPS) is 8.76. The van der Waals surface area contributed by atoms with E-state index in [-0.39, 0.29) is 11.8 Å². The van der Waals surface area contributed by atoms with Crippen molar-refractivity contribution in [2.45, 2.75) is 13.8 Å². The molecular weight excluding hydrogens is 721 g/mol. The summed E-state index contributed by atoms with van der Waals surface area (Å²) >= 11 is 8.19. The van der Waals surface area contributed by atoms with Crippen molar-refractivity contribution in [1.29, 1.82) is 0 Å². The van der Waals surface area contributed by atoms with E-state index >= 15 is 0 Å². The van der Waals surface area contributed by atoms with Crippen LogP contribution in [0, 0.1) is 0 Å². The van der Waals surface area contributed by atoms with E-state index in [4.69, 9.17) is 9.59 Å². The monoisotopic (exact) mass is 735 g/mol. The number of thiazole rings is 2. The van der Waals surface area contributed by atoms with Crippen molar-refractivity contribution in [3.8, 4) is 0 Å². The fourth-order valence-corrected chi connectivity index (χ4v) is 2.04. The summed E-state index contributed by atoms with van der Waals surface area (Å²) in [5.41, 5.74) is 0. The number of carbonyl (C=O) groups excluding carboxylic acids is 2. The zero-order valence-corrected chi connectivity index (χ0v) is 19.2. The van der Waals surface area contributed by atoms with Crippen LogP contribution in [-0.4, -0.2) is 31.4 Å². The molecule has 2 aromatic heterocycles. The van der Waals surface area contributed by atoms with Crippen LogP contribution >= 0.6 is 61.4 Å². The number of nitrogens with one attached hydrogen (secondary N) is 2. The third-order valence-corrected chi connectivity index (χ3v) is 2.82. The first-order valence-corrected chi connectivity index (χ1v) is 19.8. The number of hydrogen-bond acceptors (Lipinski definition) is 4. The molecule has 0 unspecified atom stereocenters. The minimum atomic E-state index is 0.171. The predicted molar refractivity (Wildman–Crippen MR) is 105 cm³/mol. The van der Waals surface area contributed by atoms with E-state index < -0.39 is 0 Å². The molecule has 2 amide bonds. The van der Waals surface area contributed by atoms with Gasteiger partial charge < -0.3 is 0 Å². The van der Waals surface area contributed by atoms with Gasteiger partial charge in [0.2, 0.25) is 0 Å². The molecule has 21 heavy (non-hydrogen) atoms. The van der Waals surface area contributed by atoms with Gasteiger partial charge in [-0.1, -0.05) is 0 Å². The Morgan fingerprint density at radius 2 is 1.33 bits per heavy atom. The van der Waals surface area contributed by atoms with E-state index in [1.165, 1.54) is 22.7 Å². The molecular formula is C10H14I2N4O2PtS2+2. The van der Waals surface area contributed by atoms with Crippen LogP contribution in [0.4, 0.5) is 10.3 Å². The second-order valence-electron chi connectivity index (χ2n) is 3.14. The van der Waals surface area contributed by atoms with Gasteiger partial charge in [0, 0.05) is 23.2 Å². The van der Waals surface area contributed by atoms with Crippen molar-refractivity contribution in [2.24, 2.45) is 0 Å². The van der Waals surface area contributed by atoms with Crippen molar-refractivity contribution in [3.63, 3.8) is 0 Å². The molecule has 2 aromatic rings. The van der Waals surface area contributed by atoms with Gasteiger partial charge in [-0.3, -0.25) is 20.2 Å². The standard InChI is InChI=1S/2C5H6N2OS.2HI.Pt/c2*1-4(8)7-5-6-2-3-9-5;;;/h2*2-3H,1H3,(H,6,7,8);2*1H;/q;;;;+2. The molecule has 0 bridgehead atoms. The van der Waals surface area contributed by atoms with E-state index in [1.54, 1.807) is 26.2 Å². The first-order chi connectivity index (χ1) is 9.99. The Balaban J connectivity index is 0.000000322. The van der Waals surface area contributed by atoms with E-state index in [1.807, 2.05) is 10.8 Å². The Kier molecular flexibility index (Phi) is 14.2. The third-order valence-electron chi connectivity index (χ3n) is 1.44. The second kappa shape index (κ2) is 14.0. The molecule has 6 nitrogen and oxygen atoms in total. The van der Waals surface area contributed by atoms with Gasteiger partial charge in [0.1, 0.15) is 0 Å². The summed E-state index contributed by atoms with van der Waals surface area (Å²) in [6.45, 7) is 3.14. The molecule has 0 aliphatic rings. The quantitative estimate of drug-likeness (QED) is 0.362. The van der Waals surface area contributed by atoms with Gasteiger partial charge in [-0.2, -0.15) is 0 Å². The molecule has 0 aliphatic carbocycles. The Bertz CT molecular complexity index is 465. The molecule has 0 aromatic carbocycles. The van der Waals surface area contributed by atoms with Gasteiger partial charge in [0.25, 0.3) is 0 Å². The van der Waals surface area contributed by atoms with Gasteiger partial charge >= 0.3 is 61.7 Å². The topological polar surface area (TPSA) is 92.6 Å². The van der Waals surface area contributed by atoms with Crippen LogP contribution in [0.3, 0.4) is 0 Å². The summed E-state index contributed by atoms with van der Waals surface area (Å²) in [5, 5.41) is 10.4. The summed E-state index contributed by atoms with van der Waals surface area (Å²) in [6.07, 6.45) is 3.35. The average Bonchev–Trinajstić information content (AvgIpc) is 3.03. The summed E-state index contributed by atoms with van der Waals surface area (Å²) in [4.78, 5) is 25.2. The fourth-order valence-electron chi connectivity index (χ4n) is 0.880. The molecule has 2 heterocycles. The second-order valence-corrected chi connectivity index (χ2v) is 21.5. The first kappa shape index (κ1) is 21.3. The van der Waals surface area contributed by atoms with Crippen LogP contribution < -0.4 is 10.6 Å². The molecule has 11 heteroatoms. The number of aromatic nitrogens is 2. The molecule has 0 saturated carbocycles. The summed E-state index contributed by atoms with van der Waals surface area (Å²) in [5.74, 6) is 0.343. The first-order valence-electron chi connectivity index (χ1n) is 5.20. The van der Waals surface area contributed by atoms with Crippen molar-refractivity contribution in [2.75, 3.05) is 10.6 Å². The van der Waals surface area contributed by atoms with Crippen LogP contribution in [0.15, 0.2) is 23.2 Å². The number of nitrogens with zero attached hydrogens (tertiary/aromatic N) is 2. The maximum atomic E-state index is 8.70. The molecule has 0 aliphatic heterocycles. The summed E-state index contributed by atoms with van der Waals surface area (Å²) in [7, 11) is 0. The average molecular weight is 735 g/mol. The Morgan fingerprint density at radius 1 is 1.00 bits per heavy atom. The van der Waals surface area contributed by atoms with Crippen molar-refractivity contribution < 1.29 is 20.8 Å². The molecule has 0 radical (unpaired) electrons. The van der Waals surface area contributed by atoms with Gasteiger partial charge in [0.05, 0.1) is 13.8 Å². The SMILES string of the molecule is CC(=[OH+])Nc1nccs1.CC(=[OH+])Nc1nccs1.[I][Pt][I]. The number of halogens is 2. The van der Waals surface area contributed by atoms with E-state index in [0.29, 0.717) is 11.2 Å². The van der Waals surface area contributed by atoms with Gasteiger partial charge in [-0.25, -0.2) is 9.97 Å². The molecule has 0 saturated heterocycles. The van der Waals surface area contributed by atoms with Crippen LogP contribution in [-0.2, 0) is 11.2 Å². The minimum absolute atomic E-state index is 0.171. The van der Waals surface area contributed by atoms with E-state index in [0.717, 1.165) is 10.3 Å². The van der Waals surface area contributed by atoms with Crippen LogP contribution in [0.25, 0.3) is 0 Å². The Morgan fingerprint density at radius 3 is 1.52 bits per heavy atom.